The number of thioether (sulfide) groups is 1. The van der Waals surface area contributed by atoms with Crippen molar-refractivity contribution < 1.29 is 0 Å². The third kappa shape index (κ3) is 18.1. The molecule has 0 heterocycles. The fourth-order valence-electron chi connectivity index (χ4n) is 2.44. The molecule has 0 aliphatic carbocycles. The lowest BCUT2D eigenvalue weighted by atomic mass is 10.0. The predicted molar refractivity (Wildman–Crippen MR) is 93.0 cm³/mol. The van der Waals surface area contributed by atoms with Crippen LogP contribution >= 0.6 is 11.8 Å². The molecule has 0 unspecified atom stereocenters. The van der Waals surface area contributed by atoms with E-state index in [1.165, 1.54) is 89.9 Å². The van der Waals surface area contributed by atoms with Gasteiger partial charge in [0, 0.05) is 0 Å². The molecule has 0 spiro atoms. The molecule has 0 aromatic rings. The van der Waals surface area contributed by atoms with Crippen LogP contribution in [0.15, 0.2) is 11.5 Å². The summed E-state index contributed by atoms with van der Waals surface area (Å²) in [7, 11) is 0. The molecule has 0 aliphatic heterocycles. The lowest BCUT2D eigenvalue weighted by Crippen LogP contribution is -1.82. The smallest absolute Gasteiger partial charge is 0.0142 e. The van der Waals surface area contributed by atoms with Gasteiger partial charge in [0.15, 0.2) is 0 Å². The van der Waals surface area contributed by atoms with Gasteiger partial charge in [-0.05, 0) is 24.5 Å². The summed E-state index contributed by atoms with van der Waals surface area (Å²) in [5.74, 6) is 0. The third-order valence-electron chi connectivity index (χ3n) is 3.71. The summed E-state index contributed by atoms with van der Waals surface area (Å²) in [5, 5.41) is 2.21. The second-order valence-corrected chi connectivity index (χ2v) is 6.38. The van der Waals surface area contributed by atoms with Crippen LogP contribution in [0.4, 0.5) is 0 Å². The molecule has 0 saturated heterocycles. The van der Waals surface area contributed by atoms with E-state index < -0.39 is 0 Å². The Kier molecular flexibility index (Phi) is 18.2. The summed E-state index contributed by atoms with van der Waals surface area (Å²) in [5.41, 5.74) is 0. The van der Waals surface area contributed by atoms with E-state index in [1.807, 2.05) is 0 Å². The van der Waals surface area contributed by atoms with E-state index in [1.54, 1.807) is 11.8 Å². The molecule has 0 fully saturated rings. The first-order valence-corrected chi connectivity index (χ1v) is 9.88. The Morgan fingerprint density at radius 1 is 0.632 bits per heavy atom. The first kappa shape index (κ1) is 19.1. The Morgan fingerprint density at radius 3 is 1.47 bits per heavy atom. The van der Waals surface area contributed by atoms with Crippen molar-refractivity contribution in [2.75, 3.05) is 6.26 Å². The molecule has 0 amide bonds. The van der Waals surface area contributed by atoms with Gasteiger partial charge < -0.3 is 0 Å². The summed E-state index contributed by atoms with van der Waals surface area (Å²) in [6.45, 7) is 2.29. The van der Waals surface area contributed by atoms with Gasteiger partial charge >= 0.3 is 0 Å². The minimum atomic E-state index is 1.28. The molecule has 0 aromatic heterocycles. The maximum Gasteiger partial charge on any atom is -0.0142 e. The Bertz CT molecular complexity index is 175. The zero-order valence-corrected chi connectivity index (χ0v) is 14.3. The highest BCUT2D eigenvalue weighted by Crippen LogP contribution is 2.13. The molecule has 114 valence electrons. The van der Waals surface area contributed by atoms with Crippen molar-refractivity contribution in [2.24, 2.45) is 0 Å². The monoisotopic (exact) mass is 284 g/mol. The van der Waals surface area contributed by atoms with Gasteiger partial charge in [-0.1, -0.05) is 90.0 Å². The topological polar surface area (TPSA) is 0 Å². The van der Waals surface area contributed by atoms with Gasteiger partial charge in [-0.25, -0.2) is 0 Å². The molecule has 0 radical (unpaired) electrons. The quantitative estimate of drug-likeness (QED) is 0.283. The van der Waals surface area contributed by atoms with Gasteiger partial charge in [-0.2, -0.15) is 0 Å². The van der Waals surface area contributed by atoms with Crippen molar-refractivity contribution in [2.45, 2.75) is 96.8 Å². The van der Waals surface area contributed by atoms with Crippen LogP contribution in [-0.4, -0.2) is 6.26 Å². The Labute approximate surface area is 126 Å². The summed E-state index contributed by atoms with van der Waals surface area (Å²) >= 11 is 1.81. The molecule has 0 nitrogen and oxygen atoms in total. The summed E-state index contributed by atoms with van der Waals surface area (Å²) in [6, 6.07) is 0. The van der Waals surface area contributed by atoms with Crippen molar-refractivity contribution in [1.82, 2.24) is 0 Å². The van der Waals surface area contributed by atoms with E-state index in [0.717, 1.165) is 0 Å². The van der Waals surface area contributed by atoms with Gasteiger partial charge in [0.1, 0.15) is 0 Å². The van der Waals surface area contributed by atoms with Crippen LogP contribution in [-0.2, 0) is 0 Å². The molecule has 19 heavy (non-hydrogen) atoms. The van der Waals surface area contributed by atoms with Gasteiger partial charge in [-0.15, -0.1) is 11.8 Å². The van der Waals surface area contributed by atoms with Crippen LogP contribution < -0.4 is 0 Å². The summed E-state index contributed by atoms with van der Waals surface area (Å²) in [4.78, 5) is 0. The summed E-state index contributed by atoms with van der Waals surface area (Å²) in [6.07, 6.45) is 24.5. The minimum absolute atomic E-state index is 1.28. The number of hydrogen-bond donors (Lipinski definition) is 0. The van der Waals surface area contributed by atoms with Crippen molar-refractivity contribution in [3.63, 3.8) is 0 Å². The molecule has 0 rings (SSSR count). The van der Waals surface area contributed by atoms with Crippen molar-refractivity contribution in [3.05, 3.63) is 11.5 Å². The van der Waals surface area contributed by atoms with Crippen molar-refractivity contribution >= 4 is 11.8 Å². The minimum Gasteiger partial charge on any atom is -0.138 e. The van der Waals surface area contributed by atoms with E-state index in [2.05, 4.69) is 24.7 Å². The van der Waals surface area contributed by atoms with E-state index in [9.17, 15) is 0 Å². The third-order valence-corrected chi connectivity index (χ3v) is 4.17. The Balaban J connectivity index is 2.93. The van der Waals surface area contributed by atoms with Crippen LogP contribution in [0.2, 0.25) is 0 Å². The molecule has 0 N–H and O–H groups in total. The first-order valence-electron chi connectivity index (χ1n) is 8.59. The van der Waals surface area contributed by atoms with E-state index in [-0.39, 0.29) is 0 Å². The maximum absolute atomic E-state index is 2.31. The number of unbranched alkanes of at least 4 members (excludes halogenated alkanes) is 13. The second-order valence-electron chi connectivity index (χ2n) is 5.64. The van der Waals surface area contributed by atoms with Gasteiger partial charge in [0.25, 0.3) is 0 Å². The number of allylic oxidation sites excluding steroid dienone is 1. The van der Waals surface area contributed by atoms with Gasteiger partial charge in [0.05, 0.1) is 0 Å². The average Bonchev–Trinajstić information content (AvgIpc) is 2.43. The summed E-state index contributed by atoms with van der Waals surface area (Å²) < 4.78 is 0. The lowest BCUT2D eigenvalue weighted by Gasteiger charge is -2.02. The molecule has 0 atom stereocenters. The Morgan fingerprint density at radius 2 is 1.05 bits per heavy atom. The van der Waals surface area contributed by atoms with Crippen LogP contribution in [0.25, 0.3) is 0 Å². The van der Waals surface area contributed by atoms with Crippen LogP contribution in [0.1, 0.15) is 96.8 Å². The zero-order chi connectivity index (χ0) is 14.0. The SMILES string of the molecule is CCCCCCCCCCCCCCCC=CSC. The number of rotatable bonds is 15. The van der Waals surface area contributed by atoms with E-state index in [0.29, 0.717) is 0 Å². The highest BCUT2D eigenvalue weighted by molar-refractivity contribution is 8.01. The molecule has 1 heteroatoms. The van der Waals surface area contributed by atoms with Gasteiger partial charge in [-0.3, -0.25) is 0 Å². The van der Waals surface area contributed by atoms with Crippen LogP contribution in [0.3, 0.4) is 0 Å². The largest absolute Gasteiger partial charge is 0.138 e. The molecular weight excluding hydrogens is 248 g/mol. The normalized spacial score (nSPS) is 11.5. The average molecular weight is 285 g/mol. The molecule has 0 saturated carbocycles. The number of hydrogen-bond acceptors (Lipinski definition) is 1. The highest BCUT2D eigenvalue weighted by Gasteiger charge is 1.93. The zero-order valence-electron chi connectivity index (χ0n) is 13.5. The van der Waals surface area contributed by atoms with Crippen molar-refractivity contribution in [1.29, 1.82) is 0 Å². The molecule has 0 aliphatic rings. The van der Waals surface area contributed by atoms with Crippen LogP contribution in [0.5, 0.6) is 0 Å². The second kappa shape index (κ2) is 18.1. The van der Waals surface area contributed by atoms with Crippen molar-refractivity contribution in [3.8, 4) is 0 Å². The fraction of sp³-hybridized carbons (Fsp3) is 0.889. The van der Waals surface area contributed by atoms with E-state index in [4.69, 9.17) is 0 Å². The van der Waals surface area contributed by atoms with Crippen LogP contribution in [0, 0.1) is 0 Å². The molecular formula is C18H36S. The predicted octanol–water partition coefficient (Wildman–Crippen LogP) is 7.34. The molecule has 0 aromatic carbocycles. The highest BCUT2D eigenvalue weighted by atomic mass is 32.2. The van der Waals surface area contributed by atoms with Gasteiger partial charge in [0.2, 0.25) is 0 Å². The maximum atomic E-state index is 2.31. The molecule has 0 bridgehead atoms. The first-order chi connectivity index (χ1) is 9.41. The fourth-order valence-corrected chi connectivity index (χ4v) is 2.77. The Hall–Kier alpha value is 0.0900. The lowest BCUT2D eigenvalue weighted by molar-refractivity contribution is 0.540. The van der Waals surface area contributed by atoms with E-state index >= 15 is 0 Å². The standard InChI is InChI=1S/C18H36S/c1-3-4-5-6-7-8-9-10-11-12-13-14-15-16-17-18-19-2/h17-18H,3-16H2,1-2H3.